The molecular formula is C28H26F3N5O4. The van der Waals surface area contributed by atoms with Crippen molar-refractivity contribution in [1.82, 2.24) is 16.1 Å². The summed E-state index contributed by atoms with van der Waals surface area (Å²) in [6.07, 6.45) is -4.47. The quantitative estimate of drug-likeness (QED) is 0.136. The summed E-state index contributed by atoms with van der Waals surface area (Å²) in [6, 6.07) is 17.1. The Balaban J connectivity index is 1.50. The lowest BCUT2D eigenvalue weighted by Crippen LogP contribution is -2.50. The van der Waals surface area contributed by atoms with Crippen LogP contribution in [0.3, 0.4) is 0 Å². The molecule has 0 unspecified atom stereocenters. The topological polar surface area (TPSA) is 146 Å². The van der Waals surface area contributed by atoms with Gasteiger partial charge in [-0.2, -0.15) is 13.2 Å². The van der Waals surface area contributed by atoms with Gasteiger partial charge in [-0.3, -0.25) is 19.6 Å². The van der Waals surface area contributed by atoms with Crippen molar-refractivity contribution in [1.29, 1.82) is 0 Å². The van der Waals surface area contributed by atoms with Gasteiger partial charge in [0.15, 0.2) is 0 Å². The number of hydroxylamine groups is 1. The number of carbonyl (C=O) groups is 3. The van der Waals surface area contributed by atoms with E-state index in [0.717, 1.165) is 6.07 Å². The van der Waals surface area contributed by atoms with Gasteiger partial charge in [0.25, 0.3) is 11.8 Å². The summed E-state index contributed by atoms with van der Waals surface area (Å²) < 4.78 is 39.2. The third kappa shape index (κ3) is 8.67. The summed E-state index contributed by atoms with van der Waals surface area (Å²) in [6.45, 7) is -0.483. The molecule has 208 valence electrons. The zero-order valence-corrected chi connectivity index (χ0v) is 21.0. The van der Waals surface area contributed by atoms with E-state index in [-0.39, 0.29) is 30.8 Å². The summed E-state index contributed by atoms with van der Waals surface area (Å²) in [5, 5.41) is 16.5. The van der Waals surface area contributed by atoms with Crippen LogP contribution in [0, 0.1) is 11.8 Å². The smallest absolute Gasteiger partial charge is 0.339 e. The van der Waals surface area contributed by atoms with Crippen LogP contribution in [0.15, 0.2) is 72.8 Å². The lowest BCUT2D eigenvalue weighted by atomic mass is 10.1. The lowest BCUT2D eigenvalue weighted by Gasteiger charge is -2.14. The molecule has 0 heterocycles. The maximum Gasteiger partial charge on any atom is 0.416 e. The van der Waals surface area contributed by atoms with Crippen LogP contribution in [-0.4, -0.2) is 42.1 Å². The van der Waals surface area contributed by atoms with Crippen molar-refractivity contribution in [3.05, 3.63) is 101 Å². The zero-order valence-electron chi connectivity index (χ0n) is 21.0. The lowest BCUT2D eigenvalue weighted by molar-refractivity contribution is -0.138. The molecule has 0 spiro atoms. The fraction of sp³-hybridized carbons (Fsp3) is 0.179. The second kappa shape index (κ2) is 13.9. The molecular weight excluding hydrogens is 527 g/mol. The van der Waals surface area contributed by atoms with Crippen LogP contribution in [0.1, 0.15) is 32.6 Å². The first-order chi connectivity index (χ1) is 19.1. The van der Waals surface area contributed by atoms with Crippen LogP contribution in [0.25, 0.3) is 0 Å². The predicted molar refractivity (Wildman–Crippen MR) is 141 cm³/mol. The first-order valence-electron chi connectivity index (χ1n) is 11.9. The average Bonchev–Trinajstić information content (AvgIpc) is 2.95. The van der Waals surface area contributed by atoms with E-state index in [1.54, 1.807) is 36.4 Å². The Morgan fingerprint density at radius 1 is 0.900 bits per heavy atom. The van der Waals surface area contributed by atoms with Crippen molar-refractivity contribution in [2.24, 2.45) is 5.73 Å². The van der Waals surface area contributed by atoms with E-state index in [9.17, 15) is 27.6 Å². The molecule has 12 heteroatoms. The molecule has 3 amide bonds. The van der Waals surface area contributed by atoms with Gasteiger partial charge in [0.2, 0.25) is 5.91 Å². The van der Waals surface area contributed by atoms with Crippen LogP contribution in [0.2, 0.25) is 0 Å². The van der Waals surface area contributed by atoms with Crippen LogP contribution >= 0.6 is 0 Å². The molecule has 1 atom stereocenters. The van der Waals surface area contributed by atoms with Gasteiger partial charge in [0, 0.05) is 35.5 Å². The molecule has 3 aromatic rings. The summed E-state index contributed by atoms with van der Waals surface area (Å²) >= 11 is 0. The van der Waals surface area contributed by atoms with Gasteiger partial charge in [0.05, 0.1) is 12.1 Å². The fourth-order valence-corrected chi connectivity index (χ4v) is 3.50. The minimum Gasteiger partial charge on any atom is -0.339 e. The third-order valence-electron chi connectivity index (χ3n) is 5.56. The van der Waals surface area contributed by atoms with Gasteiger partial charge in [-0.1, -0.05) is 30.0 Å². The molecule has 0 saturated heterocycles. The number of halogens is 3. The Bertz CT molecular complexity index is 1400. The van der Waals surface area contributed by atoms with Gasteiger partial charge in [-0.15, -0.1) is 0 Å². The van der Waals surface area contributed by atoms with Gasteiger partial charge in [-0.05, 0) is 60.2 Å². The Morgan fingerprint density at radius 2 is 1.50 bits per heavy atom. The summed E-state index contributed by atoms with van der Waals surface area (Å²) in [4.78, 5) is 35.9. The highest BCUT2D eigenvalue weighted by Gasteiger charge is 2.32. The molecule has 40 heavy (non-hydrogen) atoms. The Hall–Kier alpha value is -4.70. The monoisotopic (exact) mass is 553 g/mol. The van der Waals surface area contributed by atoms with E-state index in [0.29, 0.717) is 16.8 Å². The molecule has 0 aliphatic carbocycles. The SMILES string of the molecule is NC[C@H](NC(=O)c1ccc(C#Cc2ccc(NC(=O)CNCc3ccccc3C(F)(F)F)cc2)cc1)C(=O)NO. The first-order valence-corrected chi connectivity index (χ1v) is 11.9. The van der Waals surface area contributed by atoms with E-state index in [4.69, 9.17) is 10.9 Å². The van der Waals surface area contributed by atoms with Crippen molar-refractivity contribution < 1.29 is 32.8 Å². The van der Waals surface area contributed by atoms with E-state index in [1.807, 2.05) is 0 Å². The van der Waals surface area contributed by atoms with E-state index < -0.39 is 35.5 Å². The Morgan fingerprint density at radius 3 is 2.08 bits per heavy atom. The number of nitrogens with two attached hydrogens (primary N) is 1. The minimum absolute atomic E-state index is 0.0518. The molecule has 0 aliphatic heterocycles. The molecule has 9 nitrogen and oxygen atoms in total. The number of hydrogen-bond acceptors (Lipinski definition) is 6. The number of carbonyl (C=O) groups excluding carboxylic acids is 3. The molecule has 3 aromatic carbocycles. The maximum atomic E-state index is 13.1. The predicted octanol–water partition coefficient (Wildman–Crippen LogP) is 2.40. The standard InChI is InChI=1S/C28H26F3N5O4/c29-28(30,31)23-4-2-1-3-21(23)16-33-17-25(37)34-22-13-9-19(10-14-22)6-5-18-7-11-20(12-8-18)26(38)35-24(15-32)27(39)36-40/h1-4,7-14,24,33,40H,15-17,32H2,(H,34,37)(H,35,38)(H,36,39)/t24-/m0/s1. The van der Waals surface area contributed by atoms with Gasteiger partial charge in [0.1, 0.15) is 6.04 Å². The number of amides is 3. The normalized spacial score (nSPS) is 11.5. The average molecular weight is 554 g/mol. The number of nitrogens with one attached hydrogen (secondary N) is 4. The first kappa shape index (κ1) is 29.9. The second-order valence-electron chi connectivity index (χ2n) is 8.45. The van der Waals surface area contributed by atoms with Crippen molar-refractivity contribution in [2.75, 3.05) is 18.4 Å². The molecule has 7 N–H and O–H groups in total. The maximum absolute atomic E-state index is 13.1. The summed E-state index contributed by atoms with van der Waals surface area (Å²) in [5.74, 6) is 4.12. The van der Waals surface area contributed by atoms with Crippen molar-refractivity contribution in [3.8, 4) is 11.8 Å². The highest BCUT2D eigenvalue weighted by atomic mass is 19.4. The van der Waals surface area contributed by atoms with Crippen molar-refractivity contribution in [3.63, 3.8) is 0 Å². The zero-order chi connectivity index (χ0) is 29.1. The van der Waals surface area contributed by atoms with Crippen LogP contribution < -0.4 is 27.2 Å². The van der Waals surface area contributed by atoms with Gasteiger partial charge in [-0.25, -0.2) is 5.48 Å². The summed E-state index contributed by atoms with van der Waals surface area (Å²) in [7, 11) is 0. The molecule has 3 rings (SSSR count). The number of rotatable bonds is 9. The highest BCUT2D eigenvalue weighted by molar-refractivity contribution is 5.97. The van der Waals surface area contributed by atoms with Gasteiger partial charge >= 0.3 is 6.18 Å². The highest BCUT2D eigenvalue weighted by Crippen LogP contribution is 2.31. The molecule has 0 aliphatic rings. The Labute approximate surface area is 227 Å². The molecule has 0 aromatic heterocycles. The third-order valence-corrected chi connectivity index (χ3v) is 5.56. The number of hydrogen-bond donors (Lipinski definition) is 6. The second-order valence-corrected chi connectivity index (χ2v) is 8.45. The van der Waals surface area contributed by atoms with E-state index in [2.05, 4.69) is 27.8 Å². The number of benzene rings is 3. The van der Waals surface area contributed by atoms with Crippen LogP contribution in [0.5, 0.6) is 0 Å². The van der Waals surface area contributed by atoms with Crippen molar-refractivity contribution >= 4 is 23.4 Å². The van der Waals surface area contributed by atoms with Crippen LogP contribution in [0.4, 0.5) is 18.9 Å². The fourth-order valence-electron chi connectivity index (χ4n) is 3.50. The van der Waals surface area contributed by atoms with E-state index >= 15 is 0 Å². The van der Waals surface area contributed by atoms with E-state index in [1.165, 1.54) is 35.8 Å². The van der Waals surface area contributed by atoms with Gasteiger partial charge < -0.3 is 21.7 Å². The number of alkyl halides is 3. The van der Waals surface area contributed by atoms with Crippen LogP contribution in [-0.2, 0) is 22.3 Å². The number of anilines is 1. The van der Waals surface area contributed by atoms with Crippen molar-refractivity contribution in [2.45, 2.75) is 18.8 Å². The molecule has 0 fully saturated rings. The largest absolute Gasteiger partial charge is 0.416 e. The molecule has 0 saturated carbocycles. The molecule has 0 radical (unpaired) electrons. The summed E-state index contributed by atoms with van der Waals surface area (Å²) in [5.41, 5.74) is 8.21. The Kier molecular flexibility index (Phi) is 10.4. The molecule has 0 bridgehead atoms. The minimum atomic E-state index is -4.47.